The number of carbonyl (C=O) groups is 1. The van der Waals surface area contributed by atoms with Crippen LogP contribution in [-0.4, -0.2) is 15.8 Å². The average Bonchev–Trinajstić information content (AvgIpc) is 2.63. The van der Waals surface area contributed by atoms with E-state index in [9.17, 15) is 4.79 Å². The number of nitrogens with zero attached hydrogens (tertiary/aromatic N) is 2. The van der Waals surface area contributed by atoms with E-state index in [0.717, 1.165) is 17.2 Å². The smallest absolute Gasteiger partial charge is 0.159 e. The molecular formula is C21H22N4O. The summed E-state index contributed by atoms with van der Waals surface area (Å²) in [5.41, 5.74) is 3.83. The average molecular weight is 346 g/mol. The molecule has 5 heteroatoms. The number of carbonyl (C=O) groups excluding carboxylic acids is 1. The molecule has 3 aromatic rings. The number of anilines is 4. The van der Waals surface area contributed by atoms with Crippen molar-refractivity contribution >= 4 is 28.8 Å². The third-order valence-electron chi connectivity index (χ3n) is 4.08. The standard InChI is InChI=1S/C21H22N4O/c1-14(2)18-6-4-5-7-19(18)25-21-12-20(22-13-23-21)24-17-10-8-16(9-11-17)15(3)26/h4-14H,1-3H3,(H2,22,23,24,25). The van der Waals surface area contributed by atoms with Crippen LogP contribution in [0.3, 0.4) is 0 Å². The van der Waals surface area contributed by atoms with Crippen LogP contribution in [0.5, 0.6) is 0 Å². The molecule has 0 spiro atoms. The molecule has 0 atom stereocenters. The molecule has 0 fully saturated rings. The van der Waals surface area contributed by atoms with Gasteiger partial charge in [0.15, 0.2) is 5.78 Å². The van der Waals surface area contributed by atoms with Gasteiger partial charge in [0.1, 0.15) is 18.0 Å². The van der Waals surface area contributed by atoms with E-state index in [0.29, 0.717) is 17.3 Å². The molecule has 1 heterocycles. The topological polar surface area (TPSA) is 66.9 Å². The predicted molar refractivity (Wildman–Crippen MR) is 106 cm³/mol. The molecule has 0 saturated heterocycles. The minimum atomic E-state index is 0.0499. The Bertz CT molecular complexity index is 904. The van der Waals surface area contributed by atoms with Gasteiger partial charge >= 0.3 is 0 Å². The van der Waals surface area contributed by atoms with E-state index < -0.39 is 0 Å². The van der Waals surface area contributed by atoms with Gasteiger partial charge in [-0.3, -0.25) is 4.79 Å². The van der Waals surface area contributed by atoms with Crippen molar-refractivity contribution in [3.63, 3.8) is 0 Å². The Labute approximate surface area is 153 Å². The molecule has 0 unspecified atom stereocenters. The molecule has 0 aliphatic rings. The zero-order chi connectivity index (χ0) is 18.5. The van der Waals surface area contributed by atoms with Crippen LogP contribution in [0.25, 0.3) is 0 Å². The molecule has 0 bridgehead atoms. The van der Waals surface area contributed by atoms with Gasteiger partial charge in [-0.2, -0.15) is 0 Å². The molecule has 2 N–H and O–H groups in total. The number of benzene rings is 2. The van der Waals surface area contributed by atoms with Gasteiger partial charge in [-0.15, -0.1) is 0 Å². The van der Waals surface area contributed by atoms with Crippen LogP contribution < -0.4 is 10.6 Å². The fraction of sp³-hybridized carbons (Fsp3) is 0.190. The van der Waals surface area contributed by atoms with Crippen LogP contribution in [0.15, 0.2) is 60.9 Å². The van der Waals surface area contributed by atoms with E-state index in [1.54, 1.807) is 19.1 Å². The van der Waals surface area contributed by atoms with Crippen LogP contribution in [0.2, 0.25) is 0 Å². The fourth-order valence-corrected chi connectivity index (χ4v) is 2.68. The van der Waals surface area contributed by atoms with Crippen LogP contribution in [0, 0.1) is 0 Å². The van der Waals surface area contributed by atoms with Crippen molar-refractivity contribution in [1.29, 1.82) is 0 Å². The third-order valence-corrected chi connectivity index (χ3v) is 4.08. The first-order valence-electron chi connectivity index (χ1n) is 8.59. The first kappa shape index (κ1) is 17.6. The Morgan fingerprint density at radius 1 is 0.923 bits per heavy atom. The molecule has 2 aromatic carbocycles. The molecule has 0 amide bonds. The summed E-state index contributed by atoms with van der Waals surface area (Å²) in [4.78, 5) is 19.9. The number of hydrogen-bond acceptors (Lipinski definition) is 5. The molecule has 0 aliphatic carbocycles. The Kier molecular flexibility index (Phi) is 5.27. The second kappa shape index (κ2) is 7.78. The zero-order valence-corrected chi connectivity index (χ0v) is 15.2. The molecule has 0 aliphatic heterocycles. The lowest BCUT2D eigenvalue weighted by Crippen LogP contribution is -2.01. The number of aromatic nitrogens is 2. The van der Waals surface area contributed by atoms with Crippen LogP contribution >= 0.6 is 0 Å². The first-order valence-corrected chi connectivity index (χ1v) is 8.59. The lowest BCUT2D eigenvalue weighted by molar-refractivity contribution is 0.101. The Balaban J connectivity index is 1.77. The van der Waals surface area contributed by atoms with Crippen molar-refractivity contribution in [2.24, 2.45) is 0 Å². The summed E-state index contributed by atoms with van der Waals surface area (Å²) in [6, 6.07) is 17.4. The second-order valence-corrected chi connectivity index (χ2v) is 6.41. The Morgan fingerprint density at radius 2 is 1.58 bits per heavy atom. The van der Waals surface area contributed by atoms with Crippen molar-refractivity contribution < 1.29 is 4.79 Å². The SMILES string of the molecule is CC(=O)c1ccc(Nc2cc(Nc3ccccc3C(C)C)ncn2)cc1. The number of rotatable bonds is 6. The predicted octanol–water partition coefficient (Wildman–Crippen LogP) is 5.29. The lowest BCUT2D eigenvalue weighted by Gasteiger charge is -2.14. The molecule has 3 rings (SSSR count). The number of nitrogens with one attached hydrogen (secondary N) is 2. The highest BCUT2D eigenvalue weighted by Gasteiger charge is 2.07. The lowest BCUT2D eigenvalue weighted by atomic mass is 10.0. The van der Waals surface area contributed by atoms with Gasteiger partial charge in [-0.1, -0.05) is 32.0 Å². The summed E-state index contributed by atoms with van der Waals surface area (Å²) in [5, 5.41) is 6.60. The van der Waals surface area contributed by atoms with Crippen LogP contribution in [-0.2, 0) is 0 Å². The quantitative estimate of drug-likeness (QED) is 0.594. The van der Waals surface area contributed by atoms with Gasteiger partial charge in [0.05, 0.1) is 0 Å². The maximum Gasteiger partial charge on any atom is 0.159 e. The molecular weight excluding hydrogens is 324 g/mol. The third kappa shape index (κ3) is 4.25. The summed E-state index contributed by atoms with van der Waals surface area (Å²) in [5.74, 6) is 1.86. The van der Waals surface area contributed by atoms with Crippen LogP contribution in [0.4, 0.5) is 23.0 Å². The molecule has 1 aromatic heterocycles. The van der Waals surface area contributed by atoms with Crippen molar-refractivity contribution in [3.8, 4) is 0 Å². The number of ketones is 1. The molecule has 5 nitrogen and oxygen atoms in total. The summed E-state index contributed by atoms with van der Waals surface area (Å²) in [7, 11) is 0. The van der Waals surface area contributed by atoms with Gasteiger partial charge in [0, 0.05) is 23.0 Å². The molecule has 0 saturated carbocycles. The normalized spacial score (nSPS) is 10.6. The second-order valence-electron chi connectivity index (χ2n) is 6.41. The summed E-state index contributed by atoms with van der Waals surface area (Å²) >= 11 is 0. The van der Waals surface area contributed by atoms with Crippen molar-refractivity contribution in [2.45, 2.75) is 26.7 Å². The maximum atomic E-state index is 11.4. The van der Waals surface area contributed by atoms with Crippen LogP contribution in [0.1, 0.15) is 42.6 Å². The van der Waals surface area contributed by atoms with E-state index in [2.05, 4.69) is 40.5 Å². The highest BCUT2D eigenvalue weighted by molar-refractivity contribution is 5.94. The van der Waals surface area contributed by atoms with E-state index in [1.165, 1.54) is 11.9 Å². The largest absolute Gasteiger partial charge is 0.340 e. The van der Waals surface area contributed by atoms with Crippen molar-refractivity contribution in [3.05, 3.63) is 72.1 Å². The molecule has 26 heavy (non-hydrogen) atoms. The zero-order valence-electron chi connectivity index (χ0n) is 15.2. The monoisotopic (exact) mass is 346 g/mol. The summed E-state index contributed by atoms with van der Waals surface area (Å²) in [6.45, 7) is 5.89. The van der Waals surface area contributed by atoms with Gasteiger partial charge in [-0.25, -0.2) is 9.97 Å². The number of para-hydroxylation sites is 1. The van der Waals surface area contributed by atoms with Crippen molar-refractivity contribution in [1.82, 2.24) is 9.97 Å². The van der Waals surface area contributed by atoms with Gasteiger partial charge in [0.2, 0.25) is 0 Å². The fourth-order valence-electron chi connectivity index (χ4n) is 2.68. The Morgan fingerprint density at radius 3 is 2.23 bits per heavy atom. The van der Waals surface area contributed by atoms with E-state index >= 15 is 0 Å². The summed E-state index contributed by atoms with van der Waals surface area (Å²) < 4.78 is 0. The highest BCUT2D eigenvalue weighted by Crippen LogP contribution is 2.27. The van der Waals surface area contributed by atoms with Gasteiger partial charge in [0.25, 0.3) is 0 Å². The Hall–Kier alpha value is -3.21. The van der Waals surface area contributed by atoms with E-state index in [4.69, 9.17) is 0 Å². The number of hydrogen-bond donors (Lipinski definition) is 2. The summed E-state index contributed by atoms with van der Waals surface area (Å²) in [6.07, 6.45) is 1.52. The van der Waals surface area contributed by atoms with E-state index in [-0.39, 0.29) is 5.78 Å². The van der Waals surface area contributed by atoms with Crippen molar-refractivity contribution in [2.75, 3.05) is 10.6 Å². The van der Waals surface area contributed by atoms with Gasteiger partial charge < -0.3 is 10.6 Å². The minimum Gasteiger partial charge on any atom is -0.340 e. The minimum absolute atomic E-state index is 0.0499. The highest BCUT2D eigenvalue weighted by atomic mass is 16.1. The molecule has 0 radical (unpaired) electrons. The molecule has 132 valence electrons. The van der Waals surface area contributed by atoms with E-state index in [1.807, 2.05) is 36.4 Å². The number of Topliss-reactive ketones (excluding diaryl/α,β-unsaturated/α-hetero) is 1. The maximum absolute atomic E-state index is 11.4. The van der Waals surface area contributed by atoms with Gasteiger partial charge in [-0.05, 0) is 48.7 Å². The first-order chi connectivity index (χ1) is 12.5.